The zero-order valence-corrected chi connectivity index (χ0v) is 21.5. The molecule has 1 atom stereocenters. The highest BCUT2D eigenvalue weighted by Gasteiger charge is 2.25. The lowest BCUT2D eigenvalue weighted by Gasteiger charge is -2.35. The molecule has 3 rings (SSSR count). The fourth-order valence-corrected chi connectivity index (χ4v) is 5.03. The van der Waals surface area contributed by atoms with Crippen LogP contribution in [0.2, 0.25) is 0 Å². The van der Waals surface area contributed by atoms with Gasteiger partial charge in [-0.1, -0.05) is 6.07 Å². The third-order valence-electron chi connectivity index (χ3n) is 5.83. The highest BCUT2D eigenvalue weighted by molar-refractivity contribution is 14.0. The van der Waals surface area contributed by atoms with E-state index < -0.39 is 10.0 Å². The van der Waals surface area contributed by atoms with Crippen molar-refractivity contribution in [1.29, 1.82) is 0 Å². The van der Waals surface area contributed by atoms with Crippen molar-refractivity contribution >= 4 is 45.6 Å². The van der Waals surface area contributed by atoms with Crippen LogP contribution >= 0.6 is 24.0 Å². The Hall–Kier alpha value is -1.14. The molecule has 1 aromatic carbocycles. The standard InChI is InChI=1S/C21H34FN5O2S.HI/c1-3-23-21(24-15-17-9-12-27(13-10-17)30(2,28)29)25-19-7-5-11-26(16-19)20-8-4-6-18(22)14-20;/h4,6,8,14,17,19H,3,5,7,9-13,15-16H2,1-2H3,(H2,23,24,25);1H. The van der Waals surface area contributed by atoms with Gasteiger partial charge < -0.3 is 15.5 Å². The molecule has 0 spiro atoms. The van der Waals surface area contributed by atoms with Gasteiger partial charge >= 0.3 is 0 Å². The van der Waals surface area contributed by atoms with Crippen LogP contribution in [0.3, 0.4) is 0 Å². The van der Waals surface area contributed by atoms with Gasteiger partial charge in [0.1, 0.15) is 5.82 Å². The molecule has 7 nitrogen and oxygen atoms in total. The van der Waals surface area contributed by atoms with E-state index in [0.717, 1.165) is 57.0 Å². The molecule has 0 aliphatic carbocycles. The summed E-state index contributed by atoms with van der Waals surface area (Å²) in [5, 5.41) is 6.86. The van der Waals surface area contributed by atoms with E-state index in [1.807, 2.05) is 13.0 Å². The van der Waals surface area contributed by atoms with Gasteiger partial charge in [0.25, 0.3) is 0 Å². The van der Waals surface area contributed by atoms with E-state index in [4.69, 9.17) is 4.99 Å². The molecule has 31 heavy (non-hydrogen) atoms. The van der Waals surface area contributed by atoms with Crippen LogP contribution < -0.4 is 15.5 Å². The molecule has 2 saturated heterocycles. The van der Waals surface area contributed by atoms with Crippen LogP contribution in [0.15, 0.2) is 29.3 Å². The molecule has 2 heterocycles. The third-order valence-corrected chi connectivity index (χ3v) is 7.13. The van der Waals surface area contributed by atoms with E-state index in [-0.39, 0.29) is 35.8 Å². The first kappa shape index (κ1) is 26.1. The summed E-state index contributed by atoms with van der Waals surface area (Å²) in [6, 6.07) is 7.01. The number of hydrogen-bond acceptors (Lipinski definition) is 4. The number of piperidine rings is 2. The van der Waals surface area contributed by atoms with Crippen LogP contribution in [-0.2, 0) is 10.0 Å². The monoisotopic (exact) mass is 567 g/mol. The Balaban J connectivity index is 0.00000341. The minimum Gasteiger partial charge on any atom is -0.369 e. The smallest absolute Gasteiger partial charge is 0.211 e. The summed E-state index contributed by atoms with van der Waals surface area (Å²) < 4.78 is 38.5. The summed E-state index contributed by atoms with van der Waals surface area (Å²) in [6.45, 7) is 6.39. The molecule has 2 aliphatic heterocycles. The van der Waals surface area contributed by atoms with E-state index in [1.54, 1.807) is 16.4 Å². The van der Waals surface area contributed by atoms with Crippen LogP contribution in [0.25, 0.3) is 0 Å². The van der Waals surface area contributed by atoms with E-state index in [9.17, 15) is 12.8 Å². The number of anilines is 1. The van der Waals surface area contributed by atoms with Gasteiger partial charge in [0.15, 0.2) is 5.96 Å². The van der Waals surface area contributed by atoms with Gasteiger partial charge in [-0.05, 0) is 56.7 Å². The van der Waals surface area contributed by atoms with E-state index in [2.05, 4.69) is 15.5 Å². The second-order valence-electron chi connectivity index (χ2n) is 8.23. The van der Waals surface area contributed by atoms with Gasteiger partial charge in [0.2, 0.25) is 10.0 Å². The maximum atomic E-state index is 13.6. The first-order chi connectivity index (χ1) is 14.3. The Morgan fingerprint density at radius 3 is 2.61 bits per heavy atom. The van der Waals surface area contributed by atoms with Gasteiger partial charge in [0.05, 0.1) is 6.26 Å². The first-order valence-electron chi connectivity index (χ1n) is 10.9. The van der Waals surface area contributed by atoms with Crippen LogP contribution in [0.4, 0.5) is 10.1 Å². The molecule has 2 N–H and O–H groups in total. The summed E-state index contributed by atoms with van der Waals surface area (Å²) in [5.74, 6) is 0.988. The zero-order chi connectivity index (χ0) is 21.6. The highest BCUT2D eigenvalue weighted by Crippen LogP contribution is 2.21. The summed E-state index contributed by atoms with van der Waals surface area (Å²) in [4.78, 5) is 7.00. The minimum atomic E-state index is -3.09. The van der Waals surface area contributed by atoms with Crippen LogP contribution in [0.5, 0.6) is 0 Å². The molecule has 0 radical (unpaired) electrons. The summed E-state index contributed by atoms with van der Waals surface area (Å²) in [5.41, 5.74) is 0.918. The van der Waals surface area contributed by atoms with Crippen LogP contribution in [0.1, 0.15) is 32.6 Å². The predicted molar refractivity (Wildman–Crippen MR) is 135 cm³/mol. The molecule has 0 bridgehead atoms. The number of aliphatic imine (C=N–C) groups is 1. The molecule has 0 aromatic heterocycles. The maximum absolute atomic E-state index is 13.6. The Kier molecular flexibility index (Phi) is 10.3. The highest BCUT2D eigenvalue weighted by atomic mass is 127. The van der Waals surface area contributed by atoms with Crippen molar-refractivity contribution in [3.63, 3.8) is 0 Å². The first-order valence-corrected chi connectivity index (χ1v) is 12.7. The SMILES string of the molecule is CCNC(=NCC1CCN(S(C)(=O)=O)CC1)NC1CCCN(c2cccc(F)c2)C1.I. The molecule has 10 heteroatoms. The molecular weight excluding hydrogens is 532 g/mol. The lowest BCUT2D eigenvalue weighted by Crippen LogP contribution is -2.51. The van der Waals surface area contributed by atoms with Crippen molar-refractivity contribution in [1.82, 2.24) is 14.9 Å². The third kappa shape index (κ3) is 8.05. The molecule has 2 fully saturated rings. The van der Waals surface area contributed by atoms with Gasteiger partial charge in [-0.25, -0.2) is 17.1 Å². The van der Waals surface area contributed by atoms with Crippen molar-refractivity contribution in [2.75, 3.05) is 50.4 Å². The number of nitrogens with one attached hydrogen (secondary N) is 2. The quantitative estimate of drug-likeness (QED) is 0.314. The van der Waals surface area contributed by atoms with Crippen molar-refractivity contribution in [3.05, 3.63) is 30.1 Å². The van der Waals surface area contributed by atoms with Gasteiger partial charge in [0, 0.05) is 51.0 Å². The Morgan fingerprint density at radius 2 is 1.97 bits per heavy atom. The number of halogens is 2. The predicted octanol–water partition coefficient (Wildman–Crippen LogP) is 2.64. The number of benzene rings is 1. The number of nitrogens with zero attached hydrogens (tertiary/aromatic N) is 3. The minimum absolute atomic E-state index is 0. The summed E-state index contributed by atoms with van der Waals surface area (Å²) in [7, 11) is -3.09. The molecular formula is C21H35FIN5O2S. The number of sulfonamides is 1. The Labute approximate surface area is 202 Å². The van der Waals surface area contributed by atoms with Crippen molar-refractivity contribution in [3.8, 4) is 0 Å². The number of hydrogen-bond donors (Lipinski definition) is 2. The molecule has 1 aromatic rings. The van der Waals surface area contributed by atoms with Gasteiger partial charge in [-0.2, -0.15) is 0 Å². The largest absolute Gasteiger partial charge is 0.369 e. The average molecular weight is 568 g/mol. The fourth-order valence-electron chi connectivity index (χ4n) is 4.16. The zero-order valence-electron chi connectivity index (χ0n) is 18.4. The van der Waals surface area contributed by atoms with E-state index in [1.165, 1.54) is 12.3 Å². The Morgan fingerprint density at radius 1 is 1.23 bits per heavy atom. The van der Waals surface area contributed by atoms with Gasteiger partial charge in [-0.3, -0.25) is 4.99 Å². The lowest BCUT2D eigenvalue weighted by atomic mass is 9.98. The molecule has 2 aliphatic rings. The van der Waals surface area contributed by atoms with Crippen molar-refractivity contribution in [2.45, 2.75) is 38.6 Å². The van der Waals surface area contributed by atoms with Crippen LogP contribution in [-0.4, -0.2) is 70.2 Å². The number of rotatable bonds is 6. The van der Waals surface area contributed by atoms with Crippen LogP contribution in [0, 0.1) is 11.7 Å². The second-order valence-corrected chi connectivity index (χ2v) is 10.2. The molecule has 176 valence electrons. The van der Waals surface area contributed by atoms with E-state index in [0.29, 0.717) is 25.6 Å². The van der Waals surface area contributed by atoms with Gasteiger partial charge in [-0.15, -0.1) is 24.0 Å². The second kappa shape index (κ2) is 12.2. The summed E-state index contributed by atoms with van der Waals surface area (Å²) >= 11 is 0. The molecule has 1 unspecified atom stereocenters. The molecule has 0 amide bonds. The molecule has 0 saturated carbocycles. The fraction of sp³-hybridized carbons (Fsp3) is 0.667. The van der Waals surface area contributed by atoms with Crippen molar-refractivity contribution < 1.29 is 12.8 Å². The van der Waals surface area contributed by atoms with E-state index >= 15 is 0 Å². The number of guanidine groups is 1. The van der Waals surface area contributed by atoms with Crippen molar-refractivity contribution in [2.24, 2.45) is 10.9 Å². The summed E-state index contributed by atoms with van der Waals surface area (Å²) in [6.07, 6.45) is 5.04. The normalized spacial score (nSPS) is 21.5. The maximum Gasteiger partial charge on any atom is 0.211 e. The Bertz CT molecular complexity index is 831. The average Bonchev–Trinajstić information content (AvgIpc) is 2.72. The topological polar surface area (TPSA) is 77.0 Å². The lowest BCUT2D eigenvalue weighted by molar-refractivity contribution is 0.280.